The molecule has 2 rings (SSSR count). The second-order valence-corrected chi connectivity index (χ2v) is 5.97. The zero-order chi connectivity index (χ0) is 16.1. The lowest BCUT2D eigenvalue weighted by molar-refractivity contribution is -0.130. The molecule has 0 aliphatic heterocycles. The van der Waals surface area contributed by atoms with Crippen LogP contribution in [-0.4, -0.2) is 34.0 Å². The van der Waals surface area contributed by atoms with Crippen molar-refractivity contribution in [1.82, 2.24) is 15.3 Å². The molecule has 1 aliphatic carbocycles. The maximum atomic E-state index is 12.2. The average Bonchev–Trinajstić information content (AvgIpc) is 2.50. The van der Waals surface area contributed by atoms with Gasteiger partial charge in [0.05, 0.1) is 11.9 Å². The van der Waals surface area contributed by atoms with Crippen LogP contribution in [0.25, 0.3) is 0 Å². The highest BCUT2D eigenvalue weighted by atomic mass is 16.5. The van der Waals surface area contributed by atoms with Crippen LogP contribution >= 0.6 is 0 Å². The Hall–Kier alpha value is -1.98. The molecule has 22 heavy (non-hydrogen) atoms. The van der Waals surface area contributed by atoms with Crippen molar-refractivity contribution in [3.8, 4) is 0 Å². The predicted molar refractivity (Wildman–Crippen MR) is 81.2 cm³/mol. The van der Waals surface area contributed by atoms with Crippen molar-refractivity contribution >= 4 is 11.9 Å². The van der Waals surface area contributed by atoms with E-state index in [4.69, 9.17) is 4.74 Å². The van der Waals surface area contributed by atoms with E-state index in [9.17, 15) is 9.59 Å². The highest BCUT2D eigenvalue weighted by Crippen LogP contribution is 2.23. The van der Waals surface area contributed by atoms with Crippen LogP contribution in [0.4, 0.5) is 0 Å². The molecule has 0 unspecified atom stereocenters. The van der Waals surface area contributed by atoms with Crippen molar-refractivity contribution in [3.63, 3.8) is 0 Å². The largest absolute Gasteiger partial charge is 0.448 e. The van der Waals surface area contributed by atoms with Gasteiger partial charge < -0.3 is 10.1 Å². The number of nitrogens with one attached hydrogen (secondary N) is 1. The molecule has 0 radical (unpaired) electrons. The fourth-order valence-electron chi connectivity index (χ4n) is 2.60. The quantitative estimate of drug-likeness (QED) is 0.861. The molecule has 3 atom stereocenters. The maximum Gasteiger partial charge on any atom is 0.359 e. The lowest BCUT2D eigenvalue weighted by Crippen LogP contribution is -2.46. The Morgan fingerprint density at radius 1 is 1.27 bits per heavy atom. The number of esters is 1. The van der Waals surface area contributed by atoms with Crippen LogP contribution < -0.4 is 5.32 Å². The van der Waals surface area contributed by atoms with E-state index < -0.39 is 12.1 Å². The summed E-state index contributed by atoms with van der Waals surface area (Å²) >= 11 is 0. The first-order valence-electron chi connectivity index (χ1n) is 7.77. The molecule has 0 aromatic carbocycles. The van der Waals surface area contributed by atoms with E-state index in [1.165, 1.54) is 18.8 Å². The van der Waals surface area contributed by atoms with E-state index in [0.29, 0.717) is 11.6 Å². The van der Waals surface area contributed by atoms with E-state index in [-0.39, 0.29) is 17.6 Å². The SMILES string of the molecule is Cc1cnc(C(=O)O[C@@H](C)C(=O)N[C@@H]2CCCC[C@@H]2C)cn1. The summed E-state index contributed by atoms with van der Waals surface area (Å²) in [5.74, 6) is -0.428. The number of hydrogen-bond acceptors (Lipinski definition) is 5. The van der Waals surface area contributed by atoms with E-state index in [1.54, 1.807) is 13.8 Å². The Balaban J connectivity index is 1.87. The van der Waals surface area contributed by atoms with E-state index in [0.717, 1.165) is 19.3 Å². The molecule has 1 N–H and O–H groups in total. The summed E-state index contributed by atoms with van der Waals surface area (Å²) in [4.78, 5) is 32.0. The molecule has 0 saturated heterocycles. The molecule has 0 bridgehead atoms. The first-order chi connectivity index (χ1) is 10.5. The Morgan fingerprint density at radius 3 is 2.64 bits per heavy atom. The second kappa shape index (κ2) is 7.33. The number of aromatic nitrogens is 2. The normalized spacial score (nSPS) is 22.7. The average molecular weight is 305 g/mol. The van der Waals surface area contributed by atoms with Crippen molar-refractivity contribution in [2.45, 2.75) is 58.6 Å². The molecule has 1 aromatic heterocycles. The van der Waals surface area contributed by atoms with Gasteiger partial charge in [-0.05, 0) is 32.6 Å². The molecular weight excluding hydrogens is 282 g/mol. The Labute approximate surface area is 130 Å². The summed E-state index contributed by atoms with van der Waals surface area (Å²) in [5, 5.41) is 2.98. The lowest BCUT2D eigenvalue weighted by atomic mass is 9.86. The topological polar surface area (TPSA) is 81.2 Å². The minimum absolute atomic E-state index is 0.108. The third kappa shape index (κ3) is 4.26. The molecular formula is C16H23N3O3. The number of hydrogen-bond donors (Lipinski definition) is 1. The zero-order valence-electron chi connectivity index (χ0n) is 13.3. The predicted octanol–water partition coefficient (Wildman–Crippen LogP) is 2.03. The van der Waals surface area contributed by atoms with E-state index in [2.05, 4.69) is 22.2 Å². The van der Waals surface area contributed by atoms with Crippen molar-refractivity contribution in [3.05, 3.63) is 23.8 Å². The summed E-state index contributed by atoms with van der Waals surface area (Å²) in [6.07, 6.45) is 6.45. The molecule has 6 nitrogen and oxygen atoms in total. The van der Waals surface area contributed by atoms with Gasteiger partial charge in [-0.3, -0.25) is 9.78 Å². The highest BCUT2D eigenvalue weighted by molar-refractivity contribution is 5.90. The summed E-state index contributed by atoms with van der Waals surface area (Å²) in [7, 11) is 0. The fourth-order valence-corrected chi connectivity index (χ4v) is 2.60. The number of amides is 1. The van der Waals surface area contributed by atoms with Gasteiger partial charge in [-0.15, -0.1) is 0 Å². The van der Waals surface area contributed by atoms with Gasteiger partial charge in [0, 0.05) is 12.2 Å². The summed E-state index contributed by atoms with van der Waals surface area (Å²) in [6, 6.07) is 0.168. The molecule has 1 fully saturated rings. The number of carbonyl (C=O) groups is 2. The first kappa shape index (κ1) is 16.4. The van der Waals surface area contributed by atoms with Crippen LogP contribution in [0.3, 0.4) is 0 Å². The van der Waals surface area contributed by atoms with Gasteiger partial charge in [0.1, 0.15) is 0 Å². The lowest BCUT2D eigenvalue weighted by Gasteiger charge is -2.30. The van der Waals surface area contributed by atoms with Crippen LogP contribution in [0, 0.1) is 12.8 Å². The van der Waals surface area contributed by atoms with Gasteiger partial charge in [-0.2, -0.15) is 0 Å². The molecule has 0 spiro atoms. The Morgan fingerprint density at radius 2 is 2.00 bits per heavy atom. The van der Waals surface area contributed by atoms with Crippen molar-refractivity contribution in [2.24, 2.45) is 5.92 Å². The smallest absolute Gasteiger partial charge is 0.359 e. The first-order valence-corrected chi connectivity index (χ1v) is 7.77. The number of ether oxygens (including phenoxy) is 1. The minimum atomic E-state index is -0.843. The van der Waals surface area contributed by atoms with Gasteiger partial charge in [0.2, 0.25) is 0 Å². The molecule has 1 aromatic rings. The number of nitrogens with zero attached hydrogens (tertiary/aromatic N) is 2. The van der Waals surface area contributed by atoms with Gasteiger partial charge in [-0.25, -0.2) is 9.78 Å². The van der Waals surface area contributed by atoms with Crippen molar-refractivity contribution in [2.75, 3.05) is 0 Å². The Bertz CT molecular complexity index is 530. The van der Waals surface area contributed by atoms with Crippen LogP contribution in [0.2, 0.25) is 0 Å². The molecule has 6 heteroatoms. The third-order valence-electron chi connectivity index (χ3n) is 4.08. The minimum Gasteiger partial charge on any atom is -0.448 e. The molecule has 1 heterocycles. The van der Waals surface area contributed by atoms with Crippen LogP contribution in [0.5, 0.6) is 0 Å². The molecule has 1 amide bonds. The fraction of sp³-hybridized carbons (Fsp3) is 0.625. The molecule has 120 valence electrons. The number of carbonyl (C=O) groups excluding carboxylic acids is 2. The Kier molecular flexibility index (Phi) is 5.46. The maximum absolute atomic E-state index is 12.2. The van der Waals surface area contributed by atoms with Crippen LogP contribution in [0.1, 0.15) is 55.7 Å². The summed E-state index contributed by atoms with van der Waals surface area (Å²) in [6.45, 7) is 5.49. The summed E-state index contributed by atoms with van der Waals surface area (Å²) in [5.41, 5.74) is 0.824. The van der Waals surface area contributed by atoms with Gasteiger partial charge in [0.15, 0.2) is 11.8 Å². The second-order valence-electron chi connectivity index (χ2n) is 5.97. The van der Waals surface area contributed by atoms with Crippen LogP contribution in [0.15, 0.2) is 12.4 Å². The monoisotopic (exact) mass is 305 g/mol. The number of rotatable bonds is 4. The van der Waals surface area contributed by atoms with Crippen LogP contribution in [-0.2, 0) is 9.53 Å². The van der Waals surface area contributed by atoms with Crippen molar-refractivity contribution in [1.29, 1.82) is 0 Å². The standard InChI is InChI=1S/C16H23N3O3/c1-10-6-4-5-7-13(10)19-15(20)12(3)22-16(21)14-9-17-11(2)8-18-14/h8-10,12-13H,4-7H2,1-3H3,(H,19,20)/t10-,12-,13+/m0/s1. The zero-order valence-corrected chi connectivity index (χ0v) is 13.3. The van der Waals surface area contributed by atoms with Gasteiger partial charge in [-0.1, -0.05) is 19.8 Å². The summed E-state index contributed by atoms with van der Waals surface area (Å²) < 4.78 is 5.16. The van der Waals surface area contributed by atoms with Gasteiger partial charge in [0.25, 0.3) is 5.91 Å². The third-order valence-corrected chi connectivity index (χ3v) is 4.08. The van der Waals surface area contributed by atoms with Crippen molar-refractivity contribution < 1.29 is 14.3 Å². The highest BCUT2D eigenvalue weighted by Gasteiger charge is 2.26. The van der Waals surface area contributed by atoms with E-state index in [1.807, 2.05) is 0 Å². The van der Waals surface area contributed by atoms with E-state index >= 15 is 0 Å². The number of aryl methyl sites for hydroxylation is 1. The molecule has 1 saturated carbocycles. The van der Waals surface area contributed by atoms with Gasteiger partial charge >= 0.3 is 5.97 Å². The molecule has 1 aliphatic rings.